The highest BCUT2D eigenvalue weighted by molar-refractivity contribution is 5.74. The van der Waals surface area contributed by atoms with Crippen LogP contribution in [0.15, 0.2) is 58.2 Å². The van der Waals surface area contributed by atoms with Gasteiger partial charge in [-0.25, -0.2) is 0 Å². The summed E-state index contributed by atoms with van der Waals surface area (Å²) in [5.74, 6) is -0.237. The standard InChI is InChI=1S/C30H46O5/c1-21(2)10-7-11-22(3)12-8-13-23(4)18-25-19-30(28(33)35-25)27(14-9-17-31)26(24(5)20-32)15-16-29(30,6)34/h8,10,12-13,18,20,25,27-28,31,33-34H,7,9,11,14-17,19H2,1-6H3/b13-8+,22-12+,23-18+,26-24-/t25-,27-,28+,29+,30+/m1/s1. The van der Waals surface area contributed by atoms with Crippen molar-refractivity contribution in [3.05, 3.63) is 58.2 Å². The molecule has 2 aliphatic rings. The Bertz CT molecular complexity index is 884. The molecule has 0 radical (unpaired) electrons. The highest BCUT2D eigenvalue weighted by Gasteiger charge is 2.64. The van der Waals surface area contributed by atoms with Gasteiger partial charge in [0.05, 0.1) is 17.1 Å². The van der Waals surface area contributed by atoms with Crippen LogP contribution in [-0.4, -0.2) is 46.2 Å². The zero-order valence-corrected chi connectivity index (χ0v) is 22.5. The molecule has 2 rings (SSSR count). The van der Waals surface area contributed by atoms with Gasteiger partial charge in [0.15, 0.2) is 6.29 Å². The average Bonchev–Trinajstić information content (AvgIpc) is 3.10. The molecule has 1 aliphatic carbocycles. The van der Waals surface area contributed by atoms with E-state index in [4.69, 9.17) is 4.74 Å². The molecular weight excluding hydrogens is 440 g/mol. The normalized spacial score (nSPS) is 33.5. The number of aliphatic hydroxyl groups excluding tert-OH is 2. The Kier molecular flexibility index (Phi) is 10.9. The van der Waals surface area contributed by atoms with Gasteiger partial charge in [0.2, 0.25) is 0 Å². The lowest BCUT2D eigenvalue weighted by atomic mass is 9.53. The third-order valence-corrected chi connectivity index (χ3v) is 7.82. The van der Waals surface area contributed by atoms with Crippen LogP contribution in [0.5, 0.6) is 0 Å². The van der Waals surface area contributed by atoms with E-state index in [1.807, 2.05) is 25.2 Å². The molecule has 1 aliphatic heterocycles. The molecule has 3 N–H and O–H groups in total. The first-order valence-electron chi connectivity index (χ1n) is 13.0. The van der Waals surface area contributed by atoms with Crippen molar-refractivity contribution in [2.45, 2.75) is 104 Å². The molecule has 2 fully saturated rings. The van der Waals surface area contributed by atoms with Gasteiger partial charge in [0, 0.05) is 6.61 Å². The van der Waals surface area contributed by atoms with Crippen molar-refractivity contribution >= 4 is 6.29 Å². The molecule has 1 heterocycles. The van der Waals surface area contributed by atoms with Gasteiger partial charge in [-0.1, -0.05) is 52.7 Å². The minimum Gasteiger partial charge on any atom is -0.396 e. The molecule has 0 aromatic rings. The Morgan fingerprint density at radius 2 is 1.91 bits per heavy atom. The lowest BCUT2D eigenvalue weighted by Crippen LogP contribution is -2.58. The summed E-state index contributed by atoms with van der Waals surface area (Å²) in [5, 5.41) is 32.3. The highest BCUT2D eigenvalue weighted by Crippen LogP contribution is 2.60. The van der Waals surface area contributed by atoms with Crippen LogP contribution in [0.3, 0.4) is 0 Å². The van der Waals surface area contributed by atoms with Crippen LogP contribution < -0.4 is 0 Å². The van der Waals surface area contributed by atoms with Crippen LogP contribution in [-0.2, 0) is 9.53 Å². The largest absolute Gasteiger partial charge is 0.396 e. The van der Waals surface area contributed by atoms with Crippen LogP contribution in [0.1, 0.15) is 86.5 Å². The Hall–Kier alpha value is -1.79. The monoisotopic (exact) mass is 486 g/mol. The molecule has 0 aromatic carbocycles. The van der Waals surface area contributed by atoms with Crippen molar-refractivity contribution in [3.8, 4) is 0 Å². The van der Waals surface area contributed by atoms with Crippen molar-refractivity contribution in [2.24, 2.45) is 11.3 Å². The third kappa shape index (κ3) is 7.13. The molecule has 5 atom stereocenters. The topological polar surface area (TPSA) is 87.0 Å². The fourth-order valence-electron chi connectivity index (χ4n) is 5.80. The minimum atomic E-state index is -1.16. The molecule has 1 saturated carbocycles. The van der Waals surface area contributed by atoms with E-state index in [9.17, 15) is 20.1 Å². The SMILES string of the molecule is CC(C)=CCC/C(C)=C/C=C/C(C)=C/[C@@H]1C[C@]2([C@H](CCCO)/C(=C(/C)C=O)CC[C@]2(C)O)[C@@H](O)O1. The number of hydrogen-bond acceptors (Lipinski definition) is 5. The van der Waals surface area contributed by atoms with E-state index < -0.39 is 17.3 Å². The number of aliphatic hydroxyl groups is 3. The quantitative estimate of drug-likeness (QED) is 0.159. The molecule has 1 spiro atoms. The lowest BCUT2D eigenvalue weighted by molar-refractivity contribution is -0.219. The predicted octanol–water partition coefficient (Wildman–Crippen LogP) is 5.72. The van der Waals surface area contributed by atoms with Crippen molar-refractivity contribution in [2.75, 3.05) is 6.61 Å². The Labute approximate surface area is 212 Å². The summed E-state index contributed by atoms with van der Waals surface area (Å²) in [5.41, 5.74) is 3.20. The van der Waals surface area contributed by atoms with Gasteiger partial charge in [-0.2, -0.15) is 0 Å². The molecule has 196 valence electrons. The van der Waals surface area contributed by atoms with Crippen LogP contribution in [0.2, 0.25) is 0 Å². The summed E-state index contributed by atoms with van der Waals surface area (Å²) in [6.45, 7) is 12.0. The zero-order chi connectivity index (χ0) is 26.2. The molecule has 35 heavy (non-hydrogen) atoms. The molecule has 0 amide bonds. The Balaban J connectivity index is 2.26. The van der Waals surface area contributed by atoms with Crippen molar-refractivity contribution < 1.29 is 24.9 Å². The van der Waals surface area contributed by atoms with E-state index in [-0.39, 0.29) is 18.6 Å². The van der Waals surface area contributed by atoms with E-state index in [1.165, 1.54) is 11.1 Å². The summed E-state index contributed by atoms with van der Waals surface area (Å²) in [4.78, 5) is 11.6. The van der Waals surface area contributed by atoms with Gasteiger partial charge < -0.3 is 20.1 Å². The summed E-state index contributed by atoms with van der Waals surface area (Å²) in [7, 11) is 0. The number of aldehydes is 1. The molecule has 0 bridgehead atoms. The number of carbonyl (C=O) groups excluding carboxylic acids is 1. The number of ether oxygens (including phenoxy) is 1. The first kappa shape index (κ1) is 29.4. The van der Waals surface area contributed by atoms with Crippen molar-refractivity contribution in [1.82, 2.24) is 0 Å². The highest BCUT2D eigenvalue weighted by atomic mass is 16.6. The third-order valence-electron chi connectivity index (χ3n) is 7.82. The van der Waals surface area contributed by atoms with Crippen LogP contribution in [0, 0.1) is 11.3 Å². The maximum absolute atomic E-state index is 11.6. The zero-order valence-electron chi connectivity index (χ0n) is 22.5. The van der Waals surface area contributed by atoms with Gasteiger partial charge in [0.25, 0.3) is 0 Å². The second kappa shape index (κ2) is 13.0. The fourth-order valence-corrected chi connectivity index (χ4v) is 5.80. The molecular formula is C30H46O5. The summed E-state index contributed by atoms with van der Waals surface area (Å²) >= 11 is 0. The van der Waals surface area contributed by atoms with E-state index in [1.54, 1.807) is 13.8 Å². The van der Waals surface area contributed by atoms with Crippen LogP contribution >= 0.6 is 0 Å². The molecule has 0 unspecified atom stereocenters. The number of carbonyl (C=O) groups is 1. The van der Waals surface area contributed by atoms with E-state index in [0.29, 0.717) is 37.7 Å². The minimum absolute atomic E-state index is 0.0214. The van der Waals surface area contributed by atoms with E-state index in [2.05, 4.69) is 32.9 Å². The smallest absolute Gasteiger partial charge is 0.164 e. The first-order valence-corrected chi connectivity index (χ1v) is 13.0. The summed E-state index contributed by atoms with van der Waals surface area (Å²) in [6.07, 6.45) is 14.5. The summed E-state index contributed by atoms with van der Waals surface area (Å²) < 4.78 is 6.03. The Morgan fingerprint density at radius 3 is 2.54 bits per heavy atom. The maximum atomic E-state index is 11.6. The van der Waals surface area contributed by atoms with E-state index >= 15 is 0 Å². The number of allylic oxidation sites excluding steroid dienone is 9. The van der Waals surface area contributed by atoms with Gasteiger partial charge in [-0.3, -0.25) is 4.79 Å². The first-order chi connectivity index (χ1) is 16.5. The number of rotatable bonds is 10. The molecule has 0 aromatic heterocycles. The average molecular weight is 487 g/mol. The molecule has 1 saturated heterocycles. The maximum Gasteiger partial charge on any atom is 0.164 e. The van der Waals surface area contributed by atoms with Gasteiger partial charge in [-0.05, 0) is 98.0 Å². The van der Waals surface area contributed by atoms with Gasteiger partial charge >= 0.3 is 0 Å². The Morgan fingerprint density at radius 1 is 1.20 bits per heavy atom. The van der Waals surface area contributed by atoms with Gasteiger partial charge in [-0.15, -0.1) is 0 Å². The van der Waals surface area contributed by atoms with E-state index in [0.717, 1.165) is 30.3 Å². The van der Waals surface area contributed by atoms with Crippen molar-refractivity contribution in [1.29, 1.82) is 0 Å². The second-order valence-corrected chi connectivity index (χ2v) is 10.9. The summed E-state index contributed by atoms with van der Waals surface area (Å²) in [6, 6.07) is 0. The van der Waals surface area contributed by atoms with Crippen LogP contribution in [0.25, 0.3) is 0 Å². The second-order valence-electron chi connectivity index (χ2n) is 10.9. The lowest BCUT2D eigenvalue weighted by Gasteiger charge is -2.53. The fraction of sp³-hybridized carbons (Fsp3) is 0.633. The molecule has 5 nitrogen and oxygen atoms in total. The predicted molar refractivity (Wildman–Crippen MR) is 142 cm³/mol. The van der Waals surface area contributed by atoms with Gasteiger partial charge in [0.1, 0.15) is 6.29 Å². The van der Waals surface area contributed by atoms with Crippen LogP contribution in [0.4, 0.5) is 0 Å². The molecule has 5 heteroatoms. The van der Waals surface area contributed by atoms with Crippen molar-refractivity contribution in [3.63, 3.8) is 0 Å². The number of hydrogen-bond donors (Lipinski definition) is 3.